The topological polar surface area (TPSA) is 60.4 Å². The molecule has 1 aliphatic heterocycles. The summed E-state index contributed by atoms with van der Waals surface area (Å²) in [7, 11) is 0. The first kappa shape index (κ1) is 12.3. The van der Waals surface area contributed by atoms with Crippen molar-refractivity contribution in [1.29, 1.82) is 0 Å². The highest BCUT2D eigenvalue weighted by Gasteiger charge is 2.31. The number of carboxylic acids is 1. The first-order valence-corrected chi connectivity index (χ1v) is 6.67. The number of rotatable bonds is 3. The number of thiocarbonyl (C=S) groups is 1. The van der Waals surface area contributed by atoms with Crippen LogP contribution in [0.5, 0.6) is 0 Å². The molecule has 1 aliphatic rings. The van der Waals surface area contributed by atoms with E-state index in [2.05, 4.69) is 0 Å². The van der Waals surface area contributed by atoms with Gasteiger partial charge in [0.1, 0.15) is 4.32 Å². The summed E-state index contributed by atoms with van der Waals surface area (Å²) in [5.74, 6) is -1.70. The monoisotopic (exact) mass is 284 g/mol. The summed E-state index contributed by atoms with van der Waals surface area (Å²) in [6.45, 7) is -0.494. The van der Waals surface area contributed by atoms with Crippen LogP contribution in [0.2, 0.25) is 0 Å². The molecule has 0 N–H and O–H groups in total. The van der Waals surface area contributed by atoms with Crippen molar-refractivity contribution in [3.8, 4) is 0 Å². The van der Waals surface area contributed by atoms with Crippen LogP contribution in [-0.2, 0) is 9.59 Å². The lowest BCUT2D eigenvalue weighted by Crippen LogP contribution is -2.40. The fourth-order valence-electron chi connectivity index (χ4n) is 1.27. The van der Waals surface area contributed by atoms with Crippen molar-refractivity contribution < 1.29 is 14.7 Å². The van der Waals surface area contributed by atoms with Crippen LogP contribution in [0.1, 0.15) is 4.88 Å². The molecule has 1 amide bonds. The summed E-state index contributed by atoms with van der Waals surface area (Å²) in [4.78, 5) is 24.7. The molecule has 0 aliphatic carbocycles. The molecule has 0 bridgehead atoms. The second-order valence-electron chi connectivity index (χ2n) is 3.16. The van der Waals surface area contributed by atoms with Gasteiger partial charge in [0.25, 0.3) is 5.91 Å². The minimum atomic E-state index is -1.32. The highest BCUT2D eigenvalue weighted by Crippen LogP contribution is 2.32. The van der Waals surface area contributed by atoms with Crippen molar-refractivity contribution >= 4 is 57.6 Å². The third-order valence-corrected chi connectivity index (χ3v) is 4.17. The number of carbonyl (C=O) groups is 2. The quantitative estimate of drug-likeness (QED) is 0.604. The fraction of sp³-hybridized carbons (Fsp3) is 0.100. The number of aliphatic carboxylic acids is 1. The lowest BCUT2D eigenvalue weighted by atomic mass is 10.4. The Balaban J connectivity index is 2.21. The minimum absolute atomic E-state index is 0.252. The third-order valence-electron chi connectivity index (χ3n) is 1.98. The van der Waals surface area contributed by atoms with Gasteiger partial charge in [0, 0.05) is 4.88 Å². The molecule has 1 aromatic heterocycles. The SMILES string of the molecule is O=C([O-])CN1C(=O)C(=Cc2cccs2)SC1=S. The zero-order chi connectivity index (χ0) is 12.4. The van der Waals surface area contributed by atoms with Crippen molar-refractivity contribution in [2.24, 2.45) is 0 Å². The Labute approximate surface area is 111 Å². The number of nitrogens with zero attached hydrogens (tertiary/aromatic N) is 1. The molecule has 2 heterocycles. The Morgan fingerprint density at radius 3 is 2.94 bits per heavy atom. The molecule has 7 heteroatoms. The summed E-state index contributed by atoms with van der Waals surface area (Å²) < 4.78 is 0.252. The van der Waals surface area contributed by atoms with Crippen LogP contribution in [0.15, 0.2) is 22.4 Å². The Morgan fingerprint density at radius 2 is 2.35 bits per heavy atom. The zero-order valence-corrected chi connectivity index (χ0v) is 10.9. The average Bonchev–Trinajstić information content (AvgIpc) is 2.83. The Kier molecular flexibility index (Phi) is 3.60. The molecule has 0 radical (unpaired) electrons. The van der Waals surface area contributed by atoms with Crippen molar-refractivity contribution in [2.45, 2.75) is 0 Å². The lowest BCUT2D eigenvalue weighted by molar-refractivity contribution is -0.305. The Hall–Kier alpha value is -1.18. The van der Waals surface area contributed by atoms with E-state index in [0.29, 0.717) is 4.91 Å². The van der Waals surface area contributed by atoms with Crippen LogP contribution in [0.3, 0.4) is 0 Å². The number of hydrogen-bond donors (Lipinski definition) is 0. The van der Waals surface area contributed by atoms with Crippen molar-refractivity contribution in [1.82, 2.24) is 4.90 Å². The predicted molar refractivity (Wildman–Crippen MR) is 69.2 cm³/mol. The van der Waals surface area contributed by atoms with E-state index in [0.717, 1.165) is 21.5 Å². The maximum Gasteiger partial charge on any atom is 0.266 e. The van der Waals surface area contributed by atoms with Crippen LogP contribution in [-0.4, -0.2) is 27.6 Å². The third kappa shape index (κ3) is 2.74. The first-order chi connectivity index (χ1) is 8.08. The molecular weight excluding hydrogens is 278 g/mol. The number of thiophene rings is 1. The van der Waals surface area contributed by atoms with Gasteiger partial charge in [0.2, 0.25) is 0 Å². The van der Waals surface area contributed by atoms with Gasteiger partial charge in [-0.3, -0.25) is 9.69 Å². The number of amides is 1. The Morgan fingerprint density at radius 1 is 1.59 bits per heavy atom. The fourth-order valence-corrected chi connectivity index (χ4v) is 3.25. The number of hydrogen-bond acceptors (Lipinski definition) is 6. The van der Waals surface area contributed by atoms with E-state index in [1.165, 1.54) is 11.3 Å². The average molecular weight is 284 g/mol. The van der Waals surface area contributed by atoms with Gasteiger partial charge in [-0.15, -0.1) is 11.3 Å². The summed E-state index contributed by atoms with van der Waals surface area (Å²) in [6.07, 6.45) is 1.71. The highest BCUT2D eigenvalue weighted by molar-refractivity contribution is 8.26. The smallest absolute Gasteiger partial charge is 0.266 e. The van der Waals surface area contributed by atoms with E-state index >= 15 is 0 Å². The number of carbonyl (C=O) groups excluding carboxylic acids is 2. The maximum absolute atomic E-state index is 11.8. The van der Waals surface area contributed by atoms with Crippen molar-refractivity contribution in [3.63, 3.8) is 0 Å². The van der Waals surface area contributed by atoms with Crippen LogP contribution < -0.4 is 5.11 Å². The zero-order valence-electron chi connectivity index (χ0n) is 8.41. The van der Waals surface area contributed by atoms with Gasteiger partial charge < -0.3 is 9.90 Å². The molecule has 88 valence electrons. The second-order valence-corrected chi connectivity index (χ2v) is 5.81. The van der Waals surface area contributed by atoms with Crippen LogP contribution in [0, 0.1) is 0 Å². The molecular formula is C10H6NO3S3-. The molecule has 0 saturated carbocycles. The minimum Gasteiger partial charge on any atom is -0.548 e. The summed E-state index contributed by atoms with van der Waals surface area (Å²) >= 11 is 7.55. The number of thioether (sulfide) groups is 1. The van der Waals surface area contributed by atoms with Gasteiger partial charge in [-0.05, 0) is 17.5 Å². The lowest BCUT2D eigenvalue weighted by Gasteiger charge is -2.14. The van der Waals surface area contributed by atoms with Gasteiger partial charge in [-0.1, -0.05) is 30.0 Å². The Bertz CT molecular complexity index is 507. The van der Waals surface area contributed by atoms with E-state index in [1.54, 1.807) is 6.08 Å². The molecule has 0 unspecified atom stereocenters. The number of carboxylic acid groups (broad SMARTS) is 1. The molecule has 1 aromatic rings. The molecule has 4 nitrogen and oxygen atoms in total. The summed E-state index contributed by atoms with van der Waals surface area (Å²) in [5.41, 5.74) is 0. The van der Waals surface area contributed by atoms with Gasteiger partial charge >= 0.3 is 0 Å². The van der Waals surface area contributed by atoms with E-state index in [9.17, 15) is 14.7 Å². The summed E-state index contributed by atoms with van der Waals surface area (Å²) in [5, 5.41) is 12.4. The van der Waals surface area contributed by atoms with Crippen molar-refractivity contribution in [3.05, 3.63) is 27.3 Å². The first-order valence-electron chi connectivity index (χ1n) is 4.56. The van der Waals surface area contributed by atoms with E-state index < -0.39 is 12.5 Å². The van der Waals surface area contributed by atoms with Gasteiger partial charge in [-0.25, -0.2) is 0 Å². The van der Waals surface area contributed by atoms with Gasteiger partial charge in [0.15, 0.2) is 0 Å². The standard InChI is InChI=1S/C10H7NO3S3/c12-8(13)5-11-9(14)7(17-10(11)15)4-6-2-1-3-16-6/h1-4H,5H2,(H,12,13)/p-1. The molecule has 2 rings (SSSR count). The largest absolute Gasteiger partial charge is 0.548 e. The van der Waals surface area contributed by atoms with Gasteiger partial charge in [-0.2, -0.15) is 0 Å². The van der Waals surface area contributed by atoms with Crippen molar-refractivity contribution in [2.75, 3.05) is 6.54 Å². The predicted octanol–water partition coefficient (Wildman–Crippen LogP) is 0.699. The maximum atomic E-state index is 11.8. The molecule has 0 aromatic carbocycles. The molecule has 1 fully saturated rings. The molecule has 0 spiro atoms. The van der Waals surface area contributed by atoms with E-state index in [4.69, 9.17) is 12.2 Å². The van der Waals surface area contributed by atoms with Crippen LogP contribution in [0.4, 0.5) is 0 Å². The molecule has 0 atom stereocenters. The summed E-state index contributed by atoms with van der Waals surface area (Å²) in [6, 6.07) is 3.74. The van der Waals surface area contributed by atoms with E-state index in [1.807, 2.05) is 17.5 Å². The molecule has 17 heavy (non-hydrogen) atoms. The molecule has 1 saturated heterocycles. The van der Waals surface area contributed by atoms with Crippen LogP contribution >= 0.6 is 35.3 Å². The van der Waals surface area contributed by atoms with Gasteiger partial charge in [0.05, 0.1) is 17.4 Å². The second kappa shape index (κ2) is 4.99. The normalized spacial score (nSPS) is 18.1. The van der Waals surface area contributed by atoms with E-state index in [-0.39, 0.29) is 10.2 Å². The highest BCUT2D eigenvalue weighted by atomic mass is 32.2. The van der Waals surface area contributed by atoms with Crippen LogP contribution in [0.25, 0.3) is 6.08 Å².